The molecular weight excluding hydrogens is 198 g/mol. The largest absolute Gasteiger partial charge is 0.444 e. The van der Waals surface area contributed by atoms with Crippen molar-refractivity contribution in [3.63, 3.8) is 0 Å². The molecule has 1 atom stereocenters. The third-order valence-electron chi connectivity index (χ3n) is 2.02. The molecule has 2 N–H and O–H groups in total. The third-order valence-corrected chi connectivity index (χ3v) is 2.02. The highest BCUT2D eigenvalue weighted by atomic mass is 16.6. The van der Waals surface area contributed by atoms with Gasteiger partial charge in [0.15, 0.2) is 6.61 Å². The van der Waals surface area contributed by atoms with E-state index in [9.17, 15) is 4.79 Å². The Kier molecular flexibility index (Phi) is 3.93. The lowest BCUT2D eigenvalue weighted by Gasteiger charge is -2.32. The van der Waals surface area contributed by atoms with E-state index in [1.54, 1.807) is 4.90 Å². The van der Waals surface area contributed by atoms with Crippen molar-refractivity contribution in [2.75, 3.05) is 26.3 Å². The predicted octanol–water partition coefficient (Wildman–Crippen LogP) is 0.347. The van der Waals surface area contributed by atoms with Gasteiger partial charge in [0, 0.05) is 6.54 Å². The number of morpholine rings is 1. The normalized spacial score (nSPS) is 22.7. The van der Waals surface area contributed by atoms with Gasteiger partial charge in [0.25, 0.3) is 0 Å². The molecular formula is C10H20NO4+. The summed E-state index contributed by atoms with van der Waals surface area (Å²) in [6.45, 7) is 7.19. The van der Waals surface area contributed by atoms with Gasteiger partial charge in [0.05, 0.1) is 13.2 Å². The van der Waals surface area contributed by atoms with Crippen molar-refractivity contribution in [3.05, 3.63) is 0 Å². The summed E-state index contributed by atoms with van der Waals surface area (Å²) in [5.74, 6) is 0. The Hall–Kier alpha value is -0.810. The van der Waals surface area contributed by atoms with Crippen LogP contribution in [0.5, 0.6) is 0 Å². The van der Waals surface area contributed by atoms with E-state index in [1.165, 1.54) is 0 Å². The van der Waals surface area contributed by atoms with Crippen LogP contribution in [0.4, 0.5) is 4.79 Å². The molecule has 0 aromatic carbocycles. The van der Waals surface area contributed by atoms with Gasteiger partial charge in [-0.1, -0.05) is 0 Å². The predicted molar refractivity (Wildman–Crippen MR) is 56.0 cm³/mol. The van der Waals surface area contributed by atoms with Gasteiger partial charge in [-0.25, -0.2) is 4.79 Å². The van der Waals surface area contributed by atoms with Crippen LogP contribution in [-0.4, -0.2) is 54.1 Å². The first kappa shape index (κ1) is 12.3. The number of amides is 1. The number of carbonyl (C=O) groups is 1. The fraction of sp³-hybridized carbons (Fsp3) is 0.900. The number of hydrogen-bond donors (Lipinski definition) is 0. The summed E-state index contributed by atoms with van der Waals surface area (Å²) in [6.07, 6.45) is -0.490. The van der Waals surface area contributed by atoms with E-state index in [2.05, 4.69) is 0 Å². The van der Waals surface area contributed by atoms with Crippen molar-refractivity contribution in [1.29, 1.82) is 0 Å². The first-order chi connectivity index (χ1) is 6.92. The van der Waals surface area contributed by atoms with Crippen molar-refractivity contribution in [1.82, 2.24) is 4.90 Å². The van der Waals surface area contributed by atoms with Crippen LogP contribution in [0, 0.1) is 0 Å². The van der Waals surface area contributed by atoms with Crippen LogP contribution in [-0.2, 0) is 9.47 Å². The minimum absolute atomic E-state index is 0.175. The van der Waals surface area contributed by atoms with Crippen molar-refractivity contribution < 1.29 is 19.4 Å². The van der Waals surface area contributed by atoms with E-state index in [4.69, 9.17) is 14.6 Å². The minimum atomic E-state index is -0.466. The summed E-state index contributed by atoms with van der Waals surface area (Å²) in [5.41, 5.74) is -0.466. The Morgan fingerprint density at radius 1 is 1.60 bits per heavy atom. The van der Waals surface area contributed by atoms with Gasteiger partial charge >= 0.3 is 6.09 Å². The second-order valence-electron chi connectivity index (χ2n) is 4.62. The fourth-order valence-electron chi connectivity index (χ4n) is 1.34. The van der Waals surface area contributed by atoms with Gasteiger partial charge in [-0.15, -0.1) is 0 Å². The molecule has 0 bridgehead atoms. The fourth-order valence-corrected chi connectivity index (χ4v) is 1.34. The highest BCUT2D eigenvalue weighted by molar-refractivity contribution is 5.68. The zero-order valence-corrected chi connectivity index (χ0v) is 9.58. The van der Waals surface area contributed by atoms with E-state index in [0.29, 0.717) is 19.7 Å². The summed E-state index contributed by atoms with van der Waals surface area (Å²) in [6, 6.07) is 0. The van der Waals surface area contributed by atoms with Gasteiger partial charge < -0.3 is 19.5 Å². The van der Waals surface area contributed by atoms with Crippen LogP contribution in [0.2, 0.25) is 0 Å². The second-order valence-corrected chi connectivity index (χ2v) is 4.62. The maximum absolute atomic E-state index is 11.7. The van der Waals surface area contributed by atoms with Crippen LogP contribution in [0.3, 0.4) is 0 Å². The number of ether oxygens (including phenoxy) is 2. The van der Waals surface area contributed by atoms with E-state index in [-0.39, 0.29) is 18.8 Å². The number of nitrogens with zero attached hydrogens (tertiary/aromatic N) is 1. The Morgan fingerprint density at radius 2 is 2.27 bits per heavy atom. The van der Waals surface area contributed by atoms with Crippen molar-refractivity contribution in [2.45, 2.75) is 32.5 Å². The standard InChI is InChI=1S/C10H19NO4/c1-10(2,3)15-9(13)11-4-5-14-8(6-11)7-12/h8,12H,4-7H2,1-3H3/p+1/t8-/m1/s1. The average molecular weight is 218 g/mol. The molecule has 88 valence electrons. The Labute approximate surface area is 90.0 Å². The van der Waals surface area contributed by atoms with Gasteiger partial charge in [0.2, 0.25) is 0 Å². The van der Waals surface area contributed by atoms with E-state index < -0.39 is 5.60 Å². The zero-order valence-electron chi connectivity index (χ0n) is 9.58. The molecule has 5 nitrogen and oxygen atoms in total. The molecule has 1 fully saturated rings. The van der Waals surface area contributed by atoms with Crippen LogP contribution in [0.1, 0.15) is 20.8 Å². The lowest BCUT2D eigenvalue weighted by atomic mass is 10.2. The lowest BCUT2D eigenvalue weighted by molar-refractivity contribution is -0.0593. The Balaban J connectivity index is 2.45. The number of carbonyl (C=O) groups excluding carboxylic acids is 1. The molecule has 5 heteroatoms. The highest BCUT2D eigenvalue weighted by Gasteiger charge is 2.28. The van der Waals surface area contributed by atoms with Gasteiger partial charge in [0.1, 0.15) is 11.7 Å². The van der Waals surface area contributed by atoms with Crippen molar-refractivity contribution in [3.8, 4) is 0 Å². The van der Waals surface area contributed by atoms with Gasteiger partial charge in [-0.3, -0.25) is 0 Å². The van der Waals surface area contributed by atoms with E-state index in [0.717, 1.165) is 0 Å². The quantitative estimate of drug-likeness (QED) is 0.596. The summed E-state index contributed by atoms with van der Waals surface area (Å²) >= 11 is 0. The maximum Gasteiger partial charge on any atom is 0.410 e. The topological polar surface area (TPSA) is 61.7 Å². The summed E-state index contributed by atoms with van der Waals surface area (Å²) < 4.78 is 10.5. The second kappa shape index (κ2) is 4.81. The molecule has 0 aromatic rings. The molecule has 1 heterocycles. The number of hydrogen-bond acceptors (Lipinski definition) is 3. The molecule has 0 saturated carbocycles. The smallest absolute Gasteiger partial charge is 0.410 e. The SMILES string of the molecule is CC(C)(C)OC(=O)N1CCO[C@@H](C[OH2+])C1. The van der Waals surface area contributed by atoms with Crippen LogP contribution in [0.25, 0.3) is 0 Å². The molecule has 0 spiro atoms. The average Bonchev–Trinajstić information content (AvgIpc) is 2.15. The Bertz CT molecular complexity index is 224. The molecule has 0 unspecified atom stereocenters. The summed E-state index contributed by atoms with van der Waals surface area (Å²) in [4.78, 5) is 13.3. The lowest BCUT2D eigenvalue weighted by Crippen LogP contribution is -2.48. The van der Waals surface area contributed by atoms with Gasteiger partial charge in [-0.05, 0) is 20.8 Å². The first-order valence-corrected chi connectivity index (χ1v) is 5.16. The van der Waals surface area contributed by atoms with E-state index >= 15 is 0 Å². The number of rotatable bonds is 1. The molecule has 15 heavy (non-hydrogen) atoms. The van der Waals surface area contributed by atoms with Crippen molar-refractivity contribution >= 4 is 6.09 Å². The monoisotopic (exact) mass is 218 g/mol. The maximum atomic E-state index is 11.7. The van der Waals surface area contributed by atoms with E-state index in [1.807, 2.05) is 20.8 Å². The molecule has 0 aromatic heterocycles. The van der Waals surface area contributed by atoms with Crippen LogP contribution >= 0.6 is 0 Å². The summed E-state index contributed by atoms with van der Waals surface area (Å²) in [5, 5.41) is 7.20. The Morgan fingerprint density at radius 3 is 2.80 bits per heavy atom. The molecule has 0 radical (unpaired) electrons. The first-order valence-electron chi connectivity index (χ1n) is 5.16. The molecule has 1 aliphatic rings. The van der Waals surface area contributed by atoms with Crippen LogP contribution in [0.15, 0.2) is 0 Å². The third kappa shape index (κ3) is 4.05. The van der Waals surface area contributed by atoms with Crippen molar-refractivity contribution in [2.24, 2.45) is 0 Å². The van der Waals surface area contributed by atoms with Crippen LogP contribution < -0.4 is 0 Å². The molecule has 1 aliphatic heterocycles. The molecule has 1 rings (SSSR count). The molecule has 1 saturated heterocycles. The minimum Gasteiger partial charge on any atom is -0.444 e. The summed E-state index contributed by atoms with van der Waals surface area (Å²) in [7, 11) is 0. The molecule has 1 amide bonds. The highest BCUT2D eigenvalue weighted by Crippen LogP contribution is 2.12. The molecule has 0 aliphatic carbocycles. The van der Waals surface area contributed by atoms with Gasteiger partial charge in [-0.2, -0.15) is 0 Å². The zero-order chi connectivity index (χ0) is 11.5.